The summed E-state index contributed by atoms with van der Waals surface area (Å²) < 4.78 is 10.7. The van der Waals surface area contributed by atoms with Crippen LogP contribution in [0.1, 0.15) is 58.2 Å². The monoisotopic (exact) mass is 557 g/mol. The summed E-state index contributed by atoms with van der Waals surface area (Å²) in [6.07, 6.45) is 3.78. The maximum atomic E-state index is 13.4. The van der Waals surface area contributed by atoms with Crippen molar-refractivity contribution in [3.63, 3.8) is 0 Å². The summed E-state index contributed by atoms with van der Waals surface area (Å²) in [5, 5.41) is 20.5. The van der Waals surface area contributed by atoms with E-state index in [1.54, 1.807) is 37.6 Å². The number of aliphatic hydroxyl groups excluding tert-OH is 1. The Hall–Kier alpha value is -4.14. The van der Waals surface area contributed by atoms with E-state index in [0.29, 0.717) is 17.5 Å². The molecule has 2 amide bonds. The van der Waals surface area contributed by atoms with Crippen LogP contribution < -0.4 is 20.7 Å². The van der Waals surface area contributed by atoms with Crippen molar-refractivity contribution in [1.29, 1.82) is 0 Å². The fourth-order valence-electron chi connectivity index (χ4n) is 4.76. The van der Waals surface area contributed by atoms with Gasteiger partial charge in [-0.3, -0.25) is 9.59 Å². The zero-order chi connectivity index (χ0) is 29.2. The first kappa shape index (κ1) is 29.8. The van der Waals surface area contributed by atoms with Gasteiger partial charge in [0.05, 0.1) is 31.6 Å². The molecule has 4 N–H and O–H groups in total. The van der Waals surface area contributed by atoms with E-state index in [2.05, 4.69) is 16.0 Å². The molecule has 0 saturated carbocycles. The normalized spacial score (nSPS) is 17.1. The lowest BCUT2D eigenvalue weighted by Crippen LogP contribution is -2.49. The van der Waals surface area contributed by atoms with Crippen LogP contribution in [-0.2, 0) is 11.2 Å². The SMILES string of the molecule is COc1ccc([C@@H](C)NC[C@@H](O)[C@H](Cc2ccccc2)NC(=O)c2cccc(C(=O)NC(C)C3CC=CO3)c2)cc1. The number of rotatable bonds is 13. The largest absolute Gasteiger partial charge is 0.497 e. The van der Waals surface area contributed by atoms with Crippen LogP contribution in [0.25, 0.3) is 0 Å². The molecular formula is C33H39N3O5. The topological polar surface area (TPSA) is 109 Å². The summed E-state index contributed by atoms with van der Waals surface area (Å²) >= 11 is 0. The third-order valence-corrected chi connectivity index (χ3v) is 7.35. The molecule has 3 aromatic rings. The molecule has 0 spiro atoms. The van der Waals surface area contributed by atoms with Crippen LogP contribution in [0.4, 0.5) is 0 Å². The molecule has 3 aromatic carbocycles. The fourth-order valence-corrected chi connectivity index (χ4v) is 4.76. The molecule has 0 aliphatic carbocycles. The van der Waals surface area contributed by atoms with Gasteiger partial charge < -0.3 is 30.5 Å². The van der Waals surface area contributed by atoms with E-state index in [9.17, 15) is 14.7 Å². The lowest BCUT2D eigenvalue weighted by Gasteiger charge is -2.26. The van der Waals surface area contributed by atoms with E-state index in [1.807, 2.05) is 74.5 Å². The highest BCUT2D eigenvalue weighted by Gasteiger charge is 2.25. The van der Waals surface area contributed by atoms with Crippen molar-refractivity contribution in [2.75, 3.05) is 13.7 Å². The minimum Gasteiger partial charge on any atom is -0.497 e. The average Bonchev–Trinajstić information content (AvgIpc) is 3.55. The molecule has 8 nitrogen and oxygen atoms in total. The first-order valence-corrected chi connectivity index (χ1v) is 14.0. The molecule has 1 heterocycles. The molecule has 4 rings (SSSR count). The molecule has 0 fully saturated rings. The van der Waals surface area contributed by atoms with Crippen LogP contribution in [0.2, 0.25) is 0 Å². The number of benzene rings is 3. The highest BCUT2D eigenvalue weighted by molar-refractivity contribution is 5.99. The lowest BCUT2D eigenvalue weighted by atomic mass is 9.99. The Morgan fingerprint density at radius 2 is 1.63 bits per heavy atom. The van der Waals surface area contributed by atoms with Crippen LogP contribution in [-0.4, -0.2) is 54.9 Å². The first-order chi connectivity index (χ1) is 19.8. The van der Waals surface area contributed by atoms with Gasteiger partial charge in [0.15, 0.2) is 0 Å². The van der Waals surface area contributed by atoms with Crippen molar-refractivity contribution in [3.05, 3.63) is 113 Å². The van der Waals surface area contributed by atoms with Gasteiger partial charge in [0, 0.05) is 30.1 Å². The van der Waals surface area contributed by atoms with E-state index in [-0.39, 0.29) is 36.5 Å². The maximum Gasteiger partial charge on any atom is 0.251 e. The molecule has 216 valence electrons. The molecule has 0 aromatic heterocycles. The molecule has 41 heavy (non-hydrogen) atoms. The quantitative estimate of drug-likeness (QED) is 0.251. The molecule has 8 heteroatoms. The number of hydrogen-bond acceptors (Lipinski definition) is 6. The highest BCUT2D eigenvalue weighted by Crippen LogP contribution is 2.18. The Bertz CT molecular complexity index is 1300. The molecule has 1 aliphatic heterocycles. The van der Waals surface area contributed by atoms with Crippen molar-refractivity contribution in [3.8, 4) is 5.75 Å². The smallest absolute Gasteiger partial charge is 0.251 e. The number of aliphatic hydroxyl groups is 1. The molecule has 1 aliphatic rings. The Balaban J connectivity index is 1.41. The number of nitrogens with one attached hydrogen (secondary N) is 3. The second-order valence-electron chi connectivity index (χ2n) is 10.4. The van der Waals surface area contributed by atoms with Crippen LogP contribution in [0.5, 0.6) is 5.75 Å². The zero-order valence-electron chi connectivity index (χ0n) is 23.7. The van der Waals surface area contributed by atoms with Crippen LogP contribution in [0, 0.1) is 0 Å². The zero-order valence-corrected chi connectivity index (χ0v) is 23.7. The summed E-state index contributed by atoms with van der Waals surface area (Å²) in [5.74, 6) is 0.141. The molecule has 0 radical (unpaired) electrons. The third kappa shape index (κ3) is 8.42. The molecule has 5 atom stereocenters. The maximum absolute atomic E-state index is 13.4. The molecule has 2 unspecified atom stereocenters. The molecule has 0 saturated heterocycles. The first-order valence-electron chi connectivity index (χ1n) is 14.0. The third-order valence-electron chi connectivity index (χ3n) is 7.35. The standard InChI is InChI=1S/C33H39N3O5/c1-22(25-14-16-28(40-3)17-15-25)34-21-30(37)29(19-24-9-5-4-6-10-24)36-33(39)27-12-7-11-26(20-27)32(38)35-23(2)31-13-8-18-41-31/h4-12,14-18,20,22-23,29-31,34,37H,13,19,21H2,1-3H3,(H,35,38)(H,36,39)/t22-,23?,29+,30-,31?/m1/s1. The van der Waals surface area contributed by atoms with Crippen molar-refractivity contribution in [2.24, 2.45) is 0 Å². The number of carbonyl (C=O) groups is 2. The van der Waals surface area contributed by atoms with Crippen molar-refractivity contribution >= 4 is 11.8 Å². The van der Waals surface area contributed by atoms with E-state index in [1.165, 1.54) is 0 Å². The Kier molecular flexibility index (Phi) is 10.5. The van der Waals surface area contributed by atoms with Gasteiger partial charge >= 0.3 is 0 Å². The Labute approximate surface area is 241 Å². The molecular weight excluding hydrogens is 518 g/mol. The Morgan fingerprint density at radius 3 is 2.27 bits per heavy atom. The van der Waals surface area contributed by atoms with Crippen molar-refractivity contribution < 1.29 is 24.2 Å². The second-order valence-corrected chi connectivity index (χ2v) is 10.4. The van der Waals surface area contributed by atoms with E-state index in [0.717, 1.165) is 23.3 Å². The number of carbonyl (C=O) groups excluding carboxylic acids is 2. The highest BCUT2D eigenvalue weighted by atomic mass is 16.5. The average molecular weight is 558 g/mol. The van der Waals surface area contributed by atoms with Gasteiger partial charge in [0.25, 0.3) is 11.8 Å². The van der Waals surface area contributed by atoms with Gasteiger partial charge in [0.2, 0.25) is 0 Å². The summed E-state index contributed by atoms with van der Waals surface area (Å²) in [7, 11) is 1.63. The van der Waals surface area contributed by atoms with Crippen LogP contribution >= 0.6 is 0 Å². The van der Waals surface area contributed by atoms with Gasteiger partial charge in [-0.05, 0) is 67.8 Å². The summed E-state index contributed by atoms with van der Waals surface area (Å²) in [6.45, 7) is 4.18. The molecule has 0 bridgehead atoms. The number of amides is 2. The predicted molar refractivity (Wildman–Crippen MR) is 159 cm³/mol. The predicted octanol–water partition coefficient (Wildman–Crippen LogP) is 4.17. The van der Waals surface area contributed by atoms with Crippen molar-refractivity contribution in [2.45, 2.75) is 57.0 Å². The Morgan fingerprint density at radius 1 is 0.951 bits per heavy atom. The van der Waals surface area contributed by atoms with Crippen LogP contribution in [0.15, 0.2) is 91.2 Å². The van der Waals surface area contributed by atoms with Crippen LogP contribution in [0.3, 0.4) is 0 Å². The summed E-state index contributed by atoms with van der Waals surface area (Å²) in [5.41, 5.74) is 2.77. The second kappa shape index (κ2) is 14.5. The van der Waals surface area contributed by atoms with Gasteiger partial charge in [-0.2, -0.15) is 0 Å². The van der Waals surface area contributed by atoms with Gasteiger partial charge in [0.1, 0.15) is 11.9 Å². The fraction of sp³-hybridized carbons (Fsp3) is 0.333. The van der Waals surface area contributed by atoms with Gasteiger partial charge in [-0.1, -0.05) is 48.5 Å². The van der Waals surface area contributed by atoms with Gasteiger partial charge in [-0.25, -0.2) is 0 Å². The van der Waals surface area contributed by atoms with Crippen molar-refractivity contribution in [1.82, 2.24) is 16.0 Å². The summed E-state index contributed by atoms with van der Waals surface area (Å²) in [6, 6.07) is 23.3. The number of ether oxygens (including phenoxy) is 2. The number of methoxy groups -OCH3 is 1. The van der Waals surface area contributed by atoms with E-state index >= 15 is 0 Å². The summed E-state index contributed by atoms with van der Waals surface area (Å²) in [4.78, 5) is 26.2. The minimum absolute atomic E-state index is 0.0216. The van der Waals surface area contributed by atoms with E-state index in [4.69, 9.17) is 9.47 Å². The number of hydrogen-bond donors (Lipinski definition) is 4. The lowest BCUT2D eigenvalue weighted by molar-refractivity contribution is 0.0825. The van der Waals surface area contributed by atoms with Gasteiger partial charge in [-0.15, -0.1) is 0 Å². The minimum atomic E-state index is -0.868. The van der Waals surface area contributed by atoms with E-state index < -0.39 is 12.1 Å².